The van der Waals surface area contributed by atoms with Crippen LogP contribution in [0.3, 0.4) is 0 Å². The van der Waals surface area contributed by atoms with Crippen molar-refractivity contribution >= 4 is 5.91 Å². The van der Waals surface area contributed by atoms with E-state index in [9.17, 15) is 9.18 Å². The number of aryl methyl sites for hydroxylation is 1. The summed E-state index contributed by atoms with van der Waals surface area (Å²) in [5.74, 6) is 0.316. The van der Waals surface area contributed by atoms with Gasteiger partial charge in [-0.05, 0) is 30.5 Å². The lowest BCUT2D eigenvalue weighted by molar-refractivity contribution is 0.0944. The van der Waals surface area contributed by atoms with Crippen LogP contribution in [0.1, 0.15) is 35.4 Å². The number of rotatable bonds is 6. The summed E-state index contributed by atoms with van der Waals surface area (Å²) in [6.07, 6.45) is 2.36. The first kappa shape index (κ1) is 14.2. The molecule has 5 nitrogen and oxygen atoms in total. The summed E-state index contributed by atoms with van der Waals surface area (Å²) in [6, 6.07) is 6.22. The first-order valence-electron chi connectivity index (χ1n) is 6.63. The molecule has 106 valence electrons. The van der Waals surface area contributed by atoms with Crippen LogP contribution in [0, 0.1) is 5.82 Å². The second-order valence-corrected chi connectivity index (χ2v) is 4.49. The van der Waals surface area contributed by atoms with Crippen LogP contribution in [0.25, 0.3) is 0 Å². The highest BCUT2D eigenvalue weighted by Crippen LogP contribution is 2.03. The van der Waals surface area contributed by atoms with Gasteiger partial charge in [-0.2, -0.15) is 0 Å². The third kappa shape index (κ3) is 3.88. The van der Waals surface area contributed by atoms with Crippen LogP contribution in [0.2, 0.25) is 0 Å². The minimum Gasteiger partial charge on any atom is -0.349 e. The molecule has 0 spiro atoms. The van der Waals surface area contributed by atoms with Gasteiger partial charge in [-0.1, -0.05) is 19.1 Å². The fourth-order valence-corrected chi connectivity index (χ4v) is 1.80. The Kier molecular flexibility index (Phi) is 4.81. The number of amides is 1. The van der Waals surface area contributed by atoms with Gasteiger partial charge in [0.15, 0.2) is 0 Å². The Hall–Kier alpha value is -2.24. The normalized spacial score (nSPS) is 10.5. The van der Waals surface area contributed by atoms with Gasteiger partial charge in [-0.25, -0.2) is 9.37 Å². The monoisotopic (exact) mass is 276 g/mol. The number of carbonyl (C=O) groups is 1. The van der Waals surface area contributed by atoms with Crippen molar-refractivity contribution in [3.63, 3.8) is 0 Å². The Labute approximate surface area is 116 Å². The number of hydrogen-bond acceptors (Lipinski definition) is 3. The molecule has 20 heavy (non-hydrogen) atoms. The zero-order chi connectivity index (χ0) is 14.4. The fourth-order valence-electron chi connectivity index (χ4n) is 1.80. The maximum Gasteiger partial charge on any atom is 0.290 e. The Morgan fingerprint density at radius 3 is 2.75 bits per heavy atom. The molecule has 1 aromatic carbocycles. The van der Waals surface area contributed by atoms with Crippen molar-refractivity contribution in [3.8, 4) is 0 Å². The molecular weight excluding hydrogens is 259 g/mol. The van der Waals surface area contributed by atoms with Crippen molar-refractivity contribution in [2.45, 2.75) is 26.2 Å². The second-order valence-electron chi connectivity index (χ2n) is 4.49. The molecule has 6 heteroatoms. The summed E-state index contributed by atoms with van der Waals surface area (Å²) in [6.45, 7) is 2.49. The molecule has 0 aliphatic carbocycles. The van der Waals surface area contributed by atoms with E-state index >= 15 is 0 Å². The molecule has 0 saturated heterocycles. The molecule has 0 aliphatic heterocycles. The zero-order valence-corrected chi connectivity index (χ0v) is 11.3. The van der Waals surface area contributed by atoms with Gasteiger partial charge in [-0.3, -0.25) is 9.89 Å². The van der Waals surface area contributed by atoms with E-state index in [1.807, 2.05) is 6.92 Å². The minimum absolute atomic E-state index is 0.160. The first-order valence-corrected chi connectivity index (χ1v) is 6.63. The third-order valence-electron chi connectivity index (χ3n) is 2.83. The van der Waals surface area contributed by atoms with E-state index in [0.717, 1.165) is 24.2 Å². The number of nitrogens with one attached hydrogen (secondary N) is 2. The van der Waals surface area contributed by atoms with E-state index in [2.05, 4.69) is 20.5 Å². The topological polar surface area (TPSA) is 70.7 Å². The largest absolute Gasteiger partial charge is 0.349 e. The highest BCUT2D eigenvalue weighted by atomic mass is 19.1. The number of halogens is 1. The number of nitrogens with zero attached hydrogens (tertiary/aromatic N) is 2. The van der Waals surface area contributed by atoms with Crippen molar-refractivity contribution in [1.82, 2.24) is 20.5 Å². The highest BCUT2D eigenvalue weighted by molar-refractivity contribution is 5.90. The lowest BCUT2D eigenvalue weighted by Crippen LogP contribution is -2.26. The lowest BCUT2D eigenvalue weighted by Gasteiger charge is -2.02. The number of carbonyl (C=O) groups excluding carboxylic acids is 1. The molecule has 2 rings (SSSR count). The van der Waals surface area contributed by atoms with Crippen molar-refractivity contribution in [1.29, 1.82) is 0 Å². The van der Waals surface area contributed by atoms with Gasteiger partial charge in [-0.15, -0.1) is 5.10 Å². The predicted molar refractivity (Wildman–Crippen MR) is 72.8 cm³/mol. The Balaban J connectivity index is 1.81. The Bertz CT molecular complexity index is 565. The van der Waals surface area contributed by atoms with Crippen LogP contribution < -0.4 is 5.32 Å². The first-order chi connectivity index (χ1) is 9.69. The van der Waals surface area contributed by atoms with Gasteiger partial charge >= 0.3 is 0 Å². The second kappa shape index (κ2) is 6.79. The molecule has 0 fully saturated rings. The molecule has 2 N–H and O–H groups in total. The Morgan fingerprint density at radius 1 is 1.30 bits per heavy atom. The fraction of sp³-hybridized carbons (Fsp3) is 0.357. The highest BCUT2D eigenvalue weighted by Gasteiger charge is 2.11. The Morgan fingerprint density at radius 2 is 2.05 bits per heavy atom. The molecule has 0 atom stereocenters. The summed E-state index contributed by atoms with van der Waals surface area (Å²) < 4.78 is 12.7. The molecular formula is C14H17FN4O. The van der Waals surface area contributed by atoms with Crippen LogP contribution in [0.4, 0.5) is 4.39 Å². The van der Waals surface area contributed by atoms with Crippen LogP contribution in [0.5, 0.6) is 0 Å². The number of hydrogen-bond donors (Lipinski definition) is 2. The average molecular weight is 276 g/mol. The summed E-state index contributed by atoms with van der Waals surface area (Å²) >= 11 is 0. The molecule has 2 aromatic rings. The molecule has 0 saturated carbocycles. The van der Waals surface area contributed by atoms with E-state index in [1.54, 1.807) is 12.1 Å². The van der Waals surface area contributed by atoms with Crippen LogP contribution in [-0.4, -0.2) is 27.6 Å². The quantitative estimate of drug-likeness (QED) is 0.846. The van der Waals surface area contributed by atoms with E-state index in [4.69, 9.17) is 0 Å². The van der Waals surface area contributed by atoms with E-state index in [0.29, 0.717) is 13.0 Å². The SMILES string of the molecule is CCCc1nc(C(=O)NCCc2ccc(F)cc2)n[nH]1. The number of aromatic amines is 1. The predicted octanol–water partition coefficient (Wildman–Crippen LogP) is 1.87. The van der Waals surface area contributed by atoms with Crippen LogP contribution >= 0.6 is 0 Å². The standard InChI is InChI=1S/C14H17FN4O/c1-2-3-12-17-13(19-18-12)14(20)16-9-8-10-4-6-11(15)7-5-10/h4-7H,2-3,8-9H2,1H3,(H,16,20)(H,17,18,19). The molecule has 1 aromatic heterocycles. The lowest BCUT2D eigenvalue weighted by atomic mass is 10.1. The van der Waals surface area contributed by atoms with Crippen molar-refractivity contribution < 1.29 is 9.18 Å². The molecule has 1 amide bonds. The molecule has 0 aliphatic rings. The van der Waals surface area contributed by atoms with Crippen LogP contribution in [-0.2, 0) is 12.8 Å². The maximum atomic E-state index is 12.7. The van der Waals surface area contributed by atoms with Crippen LogP contribution in [0.15, 0.2) is 24.3 Å². The third-order valence-corrected chi connectivity index (χ3v) is 2.83. The van der Waals surface area contributed by atoms with E-state index in [-0.39, 0.29) is 17.5 Å². The smallest absolute Gasteiger partial charge is 0.290 e. The molecule has 1 heterocycles. The van der Waals surface area contributed by atoms with Gasteiger partial charge in [0.05, 0.1) is 0 Å². The van der Waals surface area contributed by atoms with E-state index < -0.39 is 0 Å². The summed E-state index contributed by atoms with van der Waals surface area (Å²) in [7, 11) is 0. The minimum atomic E-state index is -0.300. The summed E-state index contributed by atoms with van der Waals surface area (Å²) in [5, 5.41) is 9.35. The zero-order valence-electron chi connectivity index (χ0n) is 11.3. The van der Waals surface area contributed by atoms with Gasteiger partial charge in [0.25, 0.3) is 5.91 Å². The molecule has 0 bridgehead atoms. The molecule has 0 radical (unpaired) electrons. The molecule has 0 unspecified atom stereocenters. The summed E-state index contributed by atoms with van der Waals surface area (Å²) in [5.41, 5.74) is 0.966. The number of H-pyrrole nitrogens is 1. The number of benzene rings is 1. The number of aromatic nitrogens is 3. The summed E-state index contributed by atoms with van der Waals surface area (Å²) in [4.78, 5) is 15.9. The van der Waals surface area contributed by atoms with Crippen molar-refractivity contribution in [2.24, 2.45) is 0 Å². The van der Waals surface area contributed by atoms with Crippen molar-refractivity contribution in [2.75, 3.05) is 6.54 Å². The van der Waals surface area contributed by atoms with Gasteiger partial charge < -0.3 is 5.32 Å². The average Bonchev–Trinajstić information content (AvgIpc) is 2.90. The maximum absolute atomic E-state index is 12.7. The van der Waals surface area contributed by atoms with Gasteiger partial charge in [0, 0.05) is 13.0 Å². The van der Waals surface area contributed by atoms with E-state index in [1.165, 1.54) is 12.1 Å². The van der Waals surface area contributed by atoms with Gasteiger partial charge in [0.2, 0.25) is 5.82 Å². The van der Waals surface area contributed by atoms with Crippen molar-refractivity contribution in [3.05, 3.63) is 47.3 Å². The van der Waals surface area contributed by atoms with Gasteiger partial charge in [0.1, 0.15) is 11.6 Å².